The van der Waals surface area contributed by atoms with Crippen LogP contribution in [0.25, 0.3) is 0 Å². The molecular weight excluding hydrogens is 435 g/mol. The number of carbonyl (C=O) groups is 1. The number of ether oxygens (including phenoxy) is 1. The highest BCUT2D eigenvalue weighted by atomic mass is 35.5. The Hall–Kier alpha value is -3.65. The summed E-state index contributed by atoms with van der Waals surface area (Å²) in [5.74, 6) is -0.000572. The SMILES string of the molecule is Cc1ccc(Cn2cc(Cl)c(NC(=O)c3noc(C)c3COc3cccc(F)c3)n2)cc1. The van der Waals surface area contributed by atoms with E-state index in [2.05, 4.69) is 15.6 Å². The molecule has 9 heteroatoms. The number of nitrogens with one attached hydrogen (secondary N) is 1. The quantitative estimate of drug-likeness (QED) is 0.417. The van der Waals surface area contributed by atoms with Crippen molar-refractivity contribution in [3.8, 4) is 5.75 Å². The van der Waals surface area contributed by atoms with Gasteiger partial charge in [0.2, 0.25) is 0 Å². The predicted octanol–water partition coefficient (Wildman–Crippen LogP) is 5.16. The molecule has 1 N–H and O–H groups in total. The second kappa shape index (κ2) is 9.23. The average molecular weight is 455 g/mol. The van der Waals surface area contributed by atoms with E-state index in [4.69, 9.17) is 20.9 Å². The lowest BCUT2D eigenvalue weighted by Crippen LogP contribution is -2.16. The molecule has 2 aromatic heterocycles. The molecule has 0 aliphatic rings. The van der Waals surface area contributed by atoms with Gasteiger partial charge in [0.05, 0.1) is 12.1 Å². The number of hydrogen-bond acceptors (Lipinski definition) is 5. The summed E-state index contributed by atoms with van der Waals surface area (Å²) in [6.45, 7) is 4.17. The molecule has 0 atom stereocenters. The summed E-state index contributed by atoms with van der Waals surface area (Å²) in [6.07, 6.45) is 1.64. The van der Waals surface area contributed by atoms with E-state index in [0.717, 1.165) is 5.56 Å². The van der Waals surface area contributed by atoms with Crippen molar-refractivity contribution in [2.24, 2.45) is 0 Å². The van der Waals surface area contributed by atoms with Crippen molar-refractivity contribution in [1.82, 2.24) is 14.9 Å². The molecule has 4 aromatic rings. The molecule has 0 radical (unpaired) electrons. The molecule has 0 aliphatic heterocycles. The number of rotatable bonds is 7. The Bertz CT molecular complexity index is 1250. The Morgan fingerprint density at radius 1 is 1.22 bits per heavy atom. The minimum Gasteiger partial charge on any atom is -0.489 e. The van der Waals surface area contributed by atoms with E-state index >= 15 is 0 Å². The second-order valence-electron chi connectivity index (χ2n) is 7.27. The van der Waals surface area contributed by atoms with E-state index in [9.17, 15) is 9.18 Å². The largest absolute Gasteiger partial charge is 0.489 e. The molecule has 32 heavy (non-hydrogen) atoms. The monoisotopic (exact) mass is 454 g/mol. The van der Waals surface area contributed by atoms with Crippen molar-refractivity contribution in [1.29, 1.82) is 0 Å². The van der Waals surface area contributed by atoms with Gasteiger partial charge in [0.15, 0.2) is 11.5 Å². The highest BCUT2D eigenvalue weighted by Gasteiger charge is 2.22. The van der Waals surface area contributed by atoms with Crippen LogP contribution >= 0.6 is 11.6 Å². The first kappa shape index (κ1) is 21.6. The molecule has 4 rings (SSSR count). The molecule has 0 unspecified atom stereocenters. The number of carbonyl (C=O) groups excluding carboxylic acids is 1. The second-order valence-corrected chi connectivity index (χ2v) is 7.68. The van der Waals surface area contributed by atoms with E-state index in [0.29, 0.717) is 28.6 Å². The first-order valence-electron chi connectivity index (χ1n) is 9.82. The topological polar surface area (TPSA) is 82.2 Å². The number of aromatic nitrogens is 3. The lowest BCUT2D eigenvalue weighted by molar-refractivity contribution is 0.101. The Labute approximate surface area is 188 Å². The highest BCUT2D eigenvalue weighted by Crippen LogP contribution is 2.23. The van der Waals surface area contributed by atoms with Gasteiger partial charge < -0.3 is 14.6 Å². The van der Waals surface area contributed by atoms with Gasteiger partial charge >= 0.3 is 0 Å². The Morgan fingerprint density at radius 2 is 2.00 bits per heavy atom. The van der Waals surface area contributed by atoms with Crippen LogP contribution in [0, 0.1) is 19.7 Å². The molecule has 0 spiro atoms. The van der Waals surface area contributed by atoms with Gasteiger partial charge in [0.25, 0.3) is 5.91 Å². The average Bonchev–Trinajstić information content (AvgIpc) is 3.30. The zero-order valence-electron chi connectivity index (χ0n) is 17.4. The molecule has 2 aromatic carbocycles. The fourth-order valence-electron chi connectivity index (χ4n) is 3.06. The van der Waals surface area contributed by atoms with E-state index in [1.54, 1.807) is 23.9 Å². The summed E-state index contributed by atoms with van der Waals surface area (Å²) < 4.78 is 25.8. The maximum absolute atomic E-state index is 13.4. The number of nitrogens with zero attached hydrogens (tertiary/aromatic N) is 3. The van der Waals surface area contributed by atoms with E-state index in [1.807, 2.05) is 31.2 Å². The number of benzene rings is 2. The van der Waals surface area contributed by atoms with Crippen LogP contribution in [0.5, 0.6) is 5.75 Å². The van der Waals surface area contributed by atoms with Crippen LogP contribution in [0.1, 0.15) is 32.9 Å². The van der Waals surface area contributed by atoms with Gasteiger partial charge in [-0.3, -0.25) is 9.48 Å². The maximum Gasteiger partial charge on any atom is 0.279 e. The van der Waals surface area contributed by atoms with E-state index in [1.165, 1.54) is 23.8 Å². The van der Waals surface area contributed by atoms with Gasteiger partial charge in [-0.05, 0) is 31.5 Å². The highest BCUT2D eigenvalue weighted by molar-refractivity contribution is 6.33. The molecule has 7 nitrogen and oxygen atoms in total. The number of hydrogen-bond donors (Lipinski definition) is 1. The maximum atomic E-state index is 13.4. The molecule has 2 heterocycles. The lowest BCUT2D eigenvalue weighted by atomic mass is 10.1. The zero-order valence-corrected chi connectivity index (χ0v) is 18.2. The Morgan fingerprint density at radius 3 is 2.75 bits per heavy atom. The van der Waals surface area contributed by atoms with Gasteiger partial charge in [-0.15, -0.1) is 0 Å². The zero-order chi connectivity index (χ0) is 22.7. The van der Waals surface area contributed by atoms with Gasteiger partial charge in [-0.1, -0.05) is 52.7 Å². The van der Waals surface area contributed by atoms with Crippen LogP contribution in [0.15, 0.2) is 59.3 Å². The number of halogens is 2. The van der Waals surface area contributed by atoms with Gasteiger partial charge in [-0.2, -0.15) is 5.10 Å². The minimum atomic E-state index is -0.540. The van der Waals surface area contributed by atoms with Gasteiger partial charge in [-0.25, -0.2) is 4.39 Å². The lowest BCUT2D eigenvalue weighted by Gasteiger charge is -2.07. The third-order valence-electron chi connectivity index (χ3n) is 4.79. The van der Waals surface area contributed by atoms with Gasteiger partial charge in [0.1, 0.15) is 29.0 Å². The number of aryl methyl sites for hydroxylation is 2. The van der Waals surface area contributed by atoms with Crippen molar-refractivity contribution in [3.63, 3.8) is 0 Å². The van der Waals surface area contributed by atoms with Crippen molar-refractivity contribution in [2.75, 3.05) is 5.32 Å². The molecule has 0 aliphatic carbocycles. The van der Waals surface area contributed by atoms with Crippen LogP contribution in [0.4, 0.5) is 10.2 Å². The first-order chi connectivity index (χ1) is 15.4. The minimum absolute atomic E-state index is 0.0167. The third kappa shape index (κ3) is 4.97. The number of anilines is 1. The smallest absolute Gasteiger partial charge is 0.279 e. The molecule has 0 fully saturated rings. The summed E-state index contributed by atoms with van der Waals surface area (Å²) in [5, 5.41) is 11.1. The summed E-state index contributed by atoms with van der Waals surface area (Å²) in [6, 6.07) is 13.8. The normalized spacial score (nSPS) is 10.9. The van der Waals surface area contributed by atoms with Crippen LogP contribution in [-0.2, 0) is 13.2 Å². The first-order valence-corrected chi connectivity index (χ1v) is 10.2. The van der Waals surface area contributed by atoms with Crippen LogP contribution in [-0.4, -0.2) is 20.8 Å². The fourth-order valence-corrected chi connectivity index (χ4v) is 3.26. The Kier molecular flexibility index (Phi) is 6.23. The molecule has 0 saturated heterocycles. The molecule has 1 amide bonds. The van der Waals surface area contributed by atoms with E-state index in [-0.39, 0.29) is 18.1 Å². The summed E-state index contributed by atoms with van der Waals surface area (Å²) in [4.78, 5) is 12.8. The molecule has 164 valence electrons. The van der Waals surface area contributed by atoms with Crippen molar-refractivity contribution >= 4 is 23.3 Å². The summed E-state index contributed by atoms with van der Waals surface area (Å²) in [7, 11) is 0. The molecule has 0 bridgehead atoms. The predicted molar refractivity (Wildman–Crippen MR) is 117 cm³/mol. The standard InChI is InChI=1S/C23H20ClFN4O3/c1-14-6-8-16(9-7-14)11-29-12-20(24)22(27-29)26-23(30)21-19(15(2)32-28-21)13-31-18-5-3-4-17(25)10-18/h3-10,12H,11,13H2,1-2H3,(H,26,27,30). The van der Waals surface area contributed by atoms with Crippen LogP contribution in [0.2, 0.25) is 5.02 Å². The third-order valence-corrected chi connectivity index (χ3v) is 5.07. The number of amides is 1. The Balaban J connectivity index is 1.46. The molecular formula is C23H20ClFN4O3. The van der Waals surface area contributed by atoms with Crippen LogP contribution < -0.4 is 10.1 Å². The molecule has 0 saturated carbocycles. The summed E-state index contributed by atoms with van der Waals surface area (Å²) >= 11 is 6.27. The van der Waals surface area contributed by atoms with Crippen molar-refractivity contribution in [3.05, 3.63) is 93.7 Å². The van der Waals surface area contributed by atoms with Gasteiger partial charge in [0, 0.05) is 12.3 Å². The van der Waals surface area contributed by atoms with E-state index < -0.39 is 11.7 Å². The van der Waals surface area contributed by atoms with Crippen LogP contribution in [0.3, 0.4) is 0 Å². The van der Waals surface area contributed by atoms with Crippen molar-refractivity contribution in [2.45, 2.75) is 27.0 Å². The summed E-state index contributed by atoms with van der Waals surface area (Å²) in [5.41, 5.74) is 2.71. The van der Waals surface area contributed by atoms with Crippen molar-refractivity contribution < 1.29 is 18.4 Å². The fraction of sp³-hybridized carbons (Fsp3) is 0.174.